The van der Waals surface area contributed by atoms with E-state index in [0.29, 0.717) is 5.75 Å². The Morgan fingerprint density at radius 1 is 0.870 bits per heavy atom. The molecular weight excluding hydrogens is 288 g/mol. The Morgan fingerprint density at radius 3 is 1.70 bits per heavy atom. The summed E-state index contributed by atoms with van der Waals surface area (Å²) >= 11 is 0. The highest BCUT2D eigenvalue weighted by molar-refractivity contribution is 5.77. The van der Waals surface area contributed by atoms with Gasteiger partial charge in [-0.2, -0.15) is 0 Å². The zero-order chi connectivity index (χ0) is 17.0. The molecule has 0 aliphatic carbocycles. The van der Waals surface area contributed by atoms with E-state index in [0.717, 1.165) is 5.75 Å². The van der Waals surface area contributed by atoms with Gasteiger partial charge in [0.1, 0.15) is 11.5 Å². The van der Waals surface area contributed by atoms with Gasteiger partial charge < -0.3 is 9.47 Å². The summed E-state index contributed by atoms with van der Waals surface area (Å²) in [5.41, 5.74) is 1.88. The number of ether oxygens (including phenoxy) is 2. The highest BCUT2D eigenvalue weighted by Gasteiger charge is 2.23. The number of rotatable bonds is 4. The summed E-state index contributed by atoms with van der Waals surface area (Å²) in [6, 6.07) is 15.8. The first kappa shape index (κ1) is 17.1. The minimum Gasteiger partial charge on any atom is -0.497 e. The lowest BCUT2D eigenvalue weighted by molar-refractivity contribution is -0.142. The maximum atomic E-state index is 11.9. The maximum Gasteiger partial charge on any atom is 0.316 e. The number of esters is 1. The third-order valence-corrected chi connectivity index (χ3v) is 3.82. The predicted octanol–water partition coefficient (Wildman–Crippen LogP) is 4.80. The normalized spacial score (nSPS) is 12.6. The fraction of sp³-hybridized carbons (Fsp3) is 0.350. The number of methoxy groups -OCH3 is 1. The fourth-order valence-electron chi connectivity index (χ4n) is 2.17. The smallest absolute Gasteiger partial charge is 0.316 e. The van der Waals surface area contributed by atoms with Gasteiger partial charge in [-0.05, 0) is 56.2 Å². The van der Waals surface area contributed by atoms with Gasteiger partial charge in [0.2, 0.25) is 0 Å². The van der Waals surface area contributed by atoms with Crippen LogP contribution in [0.3, 0.4) is 0 Å². The highest BCUT2D eigenvalue weighted by Crippen LogP contribution is 2.28. The average molecular weight is 312 g/mol. The molecule has 0 amide bonds. The van der Waals surface area contributed by atoms with Crippen molar-refractivity contribution in [2.75, 3.05) is 7.11 Å². The van der Waals surface area contributed by atoms with Gasteiger partial charge in [0, 0.05) is 5.92 Å². The van der Waals surface area contributed by atoms with Crippen molar-refractivity contribution in [3.8, 4) is 11.5 Å². The predicted molar refractivity (Wildman–Crippen MR) is 92.0 cm³/mol. The Kier molecular flexibility index (Phi) is 5.09. The van der Waals surface area contributed by atoms with Crippen LogP contribution in [0, 0.1) is 5.41 Å². The highest BCUT2D eigenvalue weighted by atomic mass is 16.5. The van der Waals surface area contributed by atoms with Gasteiger partial charge in [-0.3, -0.25) is 4.79 Å². The van der Waals surface area contributed by atoms with Gasteiger partial charge in [-0.1, -0.05) is 31.2 Å². The molecule has 2 rings (SSSR count). The average Bonchev–Trinajstić information content (AvgIpc) is 2.54. The number of carbonyl (C=O) groups is 1. The van der Waals surface area contributed by atoms with Crippen LogP contribution in [0.4, 0.5) is 0 Å². The molecule has 0 aliphatic heterocycles. The Morgan fingerprint density at radius 2 is 1.30 bits per heavy atom. The number of benzene rings is 2. The summed E-state index contributed by atoms with van der Waals surface area (Å²) < 4.78 is 10.6. The molecule has 0 saturated heterocycles. The van der Waals surface area contributed by atoms with Crippen molar-refractivity contribution in [2.24, 2.45) is 5.41 Å². The van der Waals surface area contributed by atoms with Gasteiger partial charge in [-0.15, -0.1) is 0 Å². The van der Waals surface area contributed by atoms with E-state index in [2.05, 4.69) is 19.1 Å². The van der Waals surface area contributed by atoms with Gasteiger partial charge >= 0.3 is 5.97 Å². The minimum atomic E-state index is -0.505. The SMILES string of the molecule is COc1ccc(C(C)c2ccc(OC(=O)C(C)(C)C)cc2)cc1. The number of carbonyl (C=O) groups excluding carboxylic acids is 1. The van der Waals surface area contributed by atoms with E-state index in [-0.39, 0.29) is 11.9 Å². The molecule has 0 spiro atoms. The van der Waals surface area contributed by atoms with Crippen LogP contribution in [0.1, 0.15) is 44.7 Å². The van der Waals surface area contributed by atoms with Crippen molar-refractivity contribution in [2.45, 2.75) is 33.6 Å². The molecule has 23 heavy (non-hydrogen) atoms. The first-order valence-corrected chi connectivity index (χ1v) is 7.77. The van der Waals surface area contributed by atoms with Crippen LogP contribution in [0.2, 0.25) is 0 Å². The molecule has 1 unspecified atom stereocenters. The van der Waals surface area contributed by atoms with Gasteiger partial charge in [0.15, 0.2) is 0 Å². The van der Waals surface area contributed by atoms with Crippen molar-refractivity contribution < 1.29 is 14.3 Å². The van der Waals surface area contributed by atoms with Crippen LogP contribution < -0.4 is 9.47 Å². The summed E-state index contributed by atoms with van der Waals surface area (Å²) in [7, 11) is 1.66. The Hall–Kier alpha value is -2.29. The van der Waals surface area contributed by atoms with E-state index in [1.807, 2.05) is 57.2 Å². The summed E-state index contributed by atoms with van der Waals surface area (Å²) in [6.45, 7) is 7.68. The summed E-state index contributed by atoms with van der Waals surface area (Å²) in [6.07, 6.45) is 0. The molecule has 0 aromatic heterocycles. The monoisotopic (exact) mass is 312 g/mol. The van der Waals surface area contributed by atoms with Crippen molar-refractivity contribution in [1.29, 1.82) is 0 Å². The molecule has 3 heteroatoms. The van der Waals surface area contributed by atoms with Crippen LogP contribution in [0.25, 0.3) is 0 Å². The van der Waals surface area contributed by atoms with Crippen LogP contribution in [0.15, 0.2) is 48.5 Å². The third-order valence-electron chi connectivity index (χ3n) is 3.82. The quantitative estimate of drug-likeness (QED) is 0.601. The van der Waals surface area contributed by atoms with Gasteiger partial charge in [0.05, 0.1) is 12.5 Å². The molecule has 0 fully saturated rings. The Bertz CT molecular complexity index is 649. The Labute approximate surface area is 138 Å². The lowest BCUT2D eigenvalue weighted by atomic mass is 9.93. The van der Waals surface area contributed by atoms with E-state index in [9.17, 15) is 4.79 Å². The maximum absolute atomic E-state index is 11.9. The second-order valence-corrected chi connectivity index (χ2v) is 6.70. The van der Waals surface area contributed by atoms with Crippen molar-refractivity contribution in [1.82, 2.24) is 0 Å². The van der Waals surface area contributed by atoms with E-state index in [1.54, 1.807) is 7.11 Å². The number of hydrogen-bond donors (Lipinski definition) is 0. The lowest BCUT2D eigenvalue weighted by Crippen LogP contribution is -2.25. The second kappa shape index (κ2) is 6.86. The lowest BCUT2D eigenvalue weighted by Gasteiger charge is -2.17. The second-order valence-electron chi connectivity index (χ2n) is 6.70. The molecule has 0 radical (unpaired) electrons. The zero-order valence-electron chi connectivity index (χ0n) is 14.4. The molecule has 122 valence electrons. The molecule has 0 saturated carbocycles. The first-order chi connectivity index (χ1) is 10.8. The van der Waals surface area contributed by atoms with Crippen molar-refractivity contribution >= 4 is 5.97 Å². The minimum absolute atomic E-state index is 0.228. The first-order valence-electron chi connectivity index (χ1n) is 7.77. The molecule has 2 aromatic rings. The van der Waals surface area contributed by atoms with Crippen LogP contribution in [0.5, 0.6) is 11.5 Å². The molecule has 0 N–H and O–H groups in total. The molecular formula is C20H24O3. The molecule has 1 atom stereocenters. The molecule has 0 bridgehead atoms. The van der Waals surface area contributed by atoms with Crippen molar-refractivity contribution in [3.63, 3.8) is 0 Å². The van der Waals surface area contributed by atoms with Crippen molar-refractivity contribution in [3.05, 3.63) is 59.7 Å². The van der Waals surface area contributed by atoms with E-state index in [4.69, 9.17) is 9.47 Å². The summed E-state index contributed by atoms with van der Waals surface area (Å²) in [5, 5.41) is 0. The van der Waals surface area contributed by atoms with Gasteiger partial charge in [-0.25, -0.2) is 0 Å². The van der Waals surface area contributed by atoms with Crippen LogP contribution in [-0.4, -0.2) is 13.1 Å². The Balaban J connectivity index is 2.10. The molecule has 3 nitrogen and oxygen atoms in total. The largest absolute Gasteiger partial charge is 0.497 e. The van der Waals surface area contributed by atoms with Crippen LogP contribution >= 0.6 is 0 Å². The zero-order valence-corrected chi connectivity index (χ0v) is 14.4. The summed E-state index contributed by atoms with van der Waals surface area (Å²) in [5.74, 6) is 1.46. The molecule has 2 aromatic carbocycles. The number of hydrogen-bond acceptors (Lipinski definition) is 3. The fourth-order valence-corrected chi connectivity index (χ4v) is 2.17. The topological polar surface area (TPSA) is 35.5 Å². The molecule has 0 aliphatic rings. The van der Waals surface area contributed by atoms with Gasteiger partial charge in [0.25, 0.3) is 0 Å². The van der Waals surface area contributed by atoms with Crippen LogP contribution in [-0.2, 0) is 4.79 Å². The van der Waals surface area contributed by atoms with E-state index in [1.165, 1.54) is 11.1 Å². The van der Waals surface area contributed by atoms with E-state index < -0.39 is 5.41 Å². The standard InChI is InChI=1S/C20H24O3/c1-14(15-6-10-17(22-5)11-7-15)16-8-12-18(13-9-16)23-19(21)20(2,3)4/h6-14H,1-5H3. The molecule has 0 heterocycles. The summed E-state index contributed by atoms with van der Waals surface area (Å²) in [4.78, 5) is 11.9. The van der Waals surface area contributed by atoms with E-state index >= 15 is 0 Å². The third kappa shape index (κ3) is 4.35.